The first-order valence-corrected chi connectivity index (χ1v) is 10.9. The van der Waals surface area contributed by atoms with Gasteiger partial charge >= 0.3 is 0 Å². The summed E-state index contributed by atoms with van der Waals surface area (Å²) in [5.74, 6) is 1.30. The predicted molar refractivity (Wildman–Crippen MR) is 112 cm³/mol. The Bertz CT molecular complexity index is 991. The lowest BCUT2D eigenvalue weighted by Gasteiger charge is -2.12. The summed E-state index contributed by atoms with van der Waals surface area (Å²) >= 11 is 1.13. The molecule has 1 aromatic heterocycles. The van der Waals surface area contributed by atoms with E-state index in [1.165, 1.54) is 12.8 Å². The van der Waals surface area contributed by atoms with Crippen molar-refractivity contribution in [2.45, 2.75) is 40.0 Å². The number of hydrogen-bond donors (Lipinski definition) is 0. The molecule has 0 spiro atoms. The maximum absolute atomic E-state index is 15.0. The van der Waals surface area contributed by atoms with Crippen molar-refractivity contribution in [2.75, 3.05) is 13.2 Å². The van der Waals surface area contributed by atoms with E-state index in [2.05, 4.69) is 20.8 Å². The van der Waals surface area contributed by atoms with Gasteiger partial charge in [-0.25, -0.2) is 8.78 Å². The number of rotatable bonds is 8. The van der Waals surface area contributed by atoms with Crippen LogP contribution in [0, 0.1) is 29.4 Å². The third-order valence-corrected chi connectivity index (χ3v) is 6.71. The van der Waals surface area contributed by atoms with Crippen LogP contribution in [0.1, 0.15) is 40.0 Å². The standard InChI is InChI=1S/C23H26F2O2S/c1-13(2)10-11-26-18-8-6-16-17-7-9-19(27-12-14(3)15-4-5-15)21(25)23(17)28-22(16)20(18)24/h6-9,13-15H,4-5,10-12H2,1-3H3. The van der Waals surface area contributed by atoms with Gasteiger partial charge in [-0.2, -0.15) is 0 Å². The number of hydrogen-bond acceptors (Lipinski definition) is 3. The molecule has 1 saturated carbocycles. The molecule has 0 radical (unpaired) electrons. The predicted octanol–water partition coefficient (Wildman–Crippen LogP) is 7.18. The summed E-state index contributed by atoms with van der Waals surface area (Å²) in [7, 11) is 0. The number of halogens is 2. The molecule has 1 unspecified atom stereocenters. The zero-order valence-corrected chi connectivity index (χ0v) is 17.4. The van der Waals surface area contributed by atoms with Crippen LogP contribution in [-0.4, -0.2) is 13.2 Å². The lowest BCUT2D eigenvalue weighted by Crippen LogP contribution is -2.10. The molecule has 0 aliphatic heterocycles. The summed E-state index contributed by atoms with van der Waals surface area (Å²) in [5.41, 5.74) is 0. The van der Waals surface area contributed by atoms with Gasteiger partial charge in [-0.3, -0.25) is 0 Å². The molecule has 2 nitrogen and oxygen atoms in total. The SMILES string of the molecule is CC(C)CCOc1ccc2c(sc3c(F)c(OCC(C)C4CC4)ccc32)c1F. The van der Waals surface area contributed by atoms with Gasteiger partial charge < -0.3 is 9.47 Å². The highest BCUT2D eigenvalue weighted by molar-refractivity contribution is 7.25. The molecule has 2 aromatic carbocycles. The van der Waals surface area contributed by atoms with Crippen LogP contribution in [0.5, 0.6) is 11.5 Å². The number of thiophene rings is 1. The van der Waals surface area contributed by atoms with Crippen LogP contribution in [0.15, 0.2) is 24.3 Å². The van der Waals surface area contributed by atoms with Crippen LogP contribution >= 0.6 is 11.3 Å². The van der Waals surface area contributed by atoms with E-state index in [1.54, 1.807) is 12.1 Å². The van der Waals surface area contributed by atoms with Gasteiger partial charge in [0.2, 0.25) is 0 Å². The fourth-order valence-corrected chi connectivity index (χ4v) is 4.61. The molecule has 0 amide bonds. The van der Waals surface area contributed by atoms with Crippen LogP contribution in [0.3, 0.4) is 0 Å². The van der Waals surface area contributed by atoms with E-state index in [4.69, 9.17) is 9.47 Å². The van der Waals surface area contributed by atoms with E-state index < -0.39 is 11.6 Å². The van der Waals surface area contributed by atoms with Gasteiger partial charge in [-0.05, 0) is 61.3 Å². The highest BCUT2D eigenvalue weighted by Gasteiger charge is 2.28. The van der Waals surface area contributed by atoms with E-state index in [0.717, 1.165) is 17.8 Å². The van der Waals surface area contributed by atoms with E-state index in [1.807, 2.05) is 12.1 Å². The van der Waals surface area contributed by atoms with Crippen molar-refractivity contribution in [3.8, 4) is 11.5 Å². The number of ether oxygens (including phenoxy) is 2. The van der Waals surface area contributed by atoms with Gasteiger partial charge in [0, 0.05) is 10.8 Å². The Morgan fingerprint density at radius 2 is 1.50 bits per heavy atom. The van der Waals surface area contributed by atoms with Crippen LogP contribution in [-0.2, 0) is 0 Å². The van der Waals surface area contributed by atoms with Gasteiger partial charge in [0.25, 0.3) is 0 Å². The molecule has 150 valence electrons. The summed E-state index contributed by atoms with van der Waals surface area (Å²) in [4.78, 5) is 0. The second kappa shape index (κ2) is 7.86. The van der Waals surface area contributed by atoms with Crippen molar-refractivity contribution in [3.05, 3.63) is 35.9 Å². The molecule has 0 bridgehead atoms. The topological polar surface area (TPSA) is 18.5 Å². The van der Waals surface area contributed by atoms with Crippen molar-refractivity contribution in [1.29, 1.82) is 0 Å². The fourth-order valence-electron chi connectivity index (χ4n) is 3.45. The van der Waals surface area contributed by atoms with Crippen LogP contribution in [0.25, 0.3) is 20.2 Å². The first-order chi connectivity index (χ1) is 13.5. The Kier molecular flexibility index (Phi) is 5.46. The molecule has 1 heterocycles. The minimum Gasteiger partial charge on any atom is -0.490 e. The third-order valence-electron chi connectivity index (χ3n) is 5.50. The van der Waals surface area contributed by atoms with Crippen molar-refractivity contribution in [1.82, 2.24) is 0 Å². The first kappa shape index (κ1) is 19.4. The van der Waals surface area contributed by atoms with E-state index in [9.17, 15) is 4.39 Å². The average Bonchev–Trinajstić information content (AvgIpc) is 3.44. The lowest BCUT2D eigenvalue weighted by molar-refractivity contribution is 0.236. The van der Waals surface area contributed by atoms with Gasteiger partial charge in [0.05, 0.1) is 22.6 Å². The second-order valence-electron chi connectivity index (χ2n) is 8.27. The minimum absolute atomic E-state index is 0.231. The summed E-state index contributed by atoms with van der Waals surface area (Å²) in [6.07, 6.45) is 3.34. The Morgan fingerprint density at radius 3 is 2.04 bits per heavy atom. The molecule has 28 heavy (non-hydrogen) atoms. The molecule has 1 fully saturated rings. The monoisotopic (exact) mass is 404 g/mol. The van der Waals surface area contributed by atoms with Gasteiger partial charge in [0.1, 0.15) is 0 Å². The maximum Gasteiger partial charge on any atom is 0.182 e. The molecule has 4 rings (SSSR count). The molecule has 1 aliphatic carbocycles. The normalized spacial score (nSPS) is 15.5. The molecular weight excluding hydrogens is 378 g/mol. The van der Waals surface area contributed by atoms with Crippen molar-refractivity contribution < 1.29 is 18.3 Å². The quantitative estimate of drug-likeness (QED) is 0.396. The third kappa shape index (κ3) is 3.82. The largest absolute Gasteiger partial charge is 0.490 e. The highest BCUT2D eigenvalue weighted by atomic mass is 32.1. The van der Waals surface area contributed by atoms with Crippen LogP contribution < -0.4 is 9.47 Å². The van der Waals surface area contributed by atoms with Crippen LogP contribution in [0.4, 0.5) is 8.78 Å². The average molecular weight is 405 g/mol. The van der Waals surface area contributed by atoms with Gasteiger partial charge in [-0.1, -0.05) is 20.8 Å². The van der Waals surface area contributed by atoms with E-state index >= 15 is 4.39 Å². The highest BCUT2D eigenvalue weighted by Crippen LogP contribution is 2.42. The Morgan fingerprint density at radius 1 is 0.929 bits per heavy atom. The Hall–Kier alpha value is -1.88. The number of fused-ring (bicyclic) bond motifs is 3. The summed E-state index contributed by atoms with van der Waals surface area (Å²) in [6.45, 7) is 7.33. The molecule has 5 heteroatoms. The summed E-state index contributed by atoms with van der Waals surface area (Å²) in [6, 6.07) is 6.95. The molecule has 0 N–H and O–H groups in total. The maximum atomic E-state index is 15.0. The molecular formula is C23H26F2O2S. The summed E-state index contributed by atoms with van der Waals surface area (Å²) < 4.78 is 42.2. The van der Waals surface area contributed by atoms with Crippen molar-refractivity contribution >= 4 is 31.5 Å². The number of benzene rings is 2. The summed E-state index contributed by atoms with van der Waals surface area (Å²) in [5, 5.41) is 1.43. The Balaban J connectivity index is 1.62. The zero-order valence-electron chi connectivity index (χ0n) is 16.6. The minimum atomic E-state index is -0.410. The molecule has 0 saturated heterocycles. The zero-order chi connectivity index (χ0) is 19.8. The van der Waals surface area contributed by atoms with Crippen LogP contribution in [0.2, 0.25) is 0 Å². The van der Waals surface area contributed by atoms with E-state index in [-0.39, 0.29) is 11.5 Å². The van der Waals surface area contributed by atoms with Gasteiger partial charge in [0.15, 0.2) is 23.1 Å². The smallest absolute Gasteiger partial charge is 0.182 e. The molecule has 1 aliphatic rings. The molecule has 1 atom stereocenters. The second-order valence-corrected chi connectivity index (χ2v) is 9.29. The van der Waals surface area contributed by atoms with E-state index in [0.29, 0.717) is 51.1 Å². The van der Waals surface area contributed by atoms with Crippen molar-refractivity contribution in [3.63, 3.8) is 0 Å². The Labute approximate surface area is 168 Å². The fraction of sp³-hybridized carbons (Fsp3) is 0.478. The van der Waals surface area contributed by atoms with Crippen molar-refractivity contribution in [2.24, 2.45) is 17.8 Å². The first-order valence-electron chi connectivity index (χ1n) is 10.0. The lowest BCUT2D eigenvalue weighted by atomic mass is 10.1. The van der Waals surface area contributed by atoms with Gasteiger partial charge in [-0.15, -0.1) is 11.3 Å². The molecule has 3 aromatic rings.